The molecule has 2 aliphatic heterocycles. The quantitative estimate of drug-likeness (QED) is 0.317. The Hall–Kier alpha value is -0.790. The number of hydrogen-bond acceptors (Lipinski definition) is 2. The molecule has 1 N–H and O–H groups in total. The van der Waals surface area contributed by atoms with Crippen LogP contribution in [0.25, 0.3) is 0 Å². The lowest BCUT2D eigenvalue weighted by Crippen LogP contribution is -2.43. The van der Waals surface area contributed by atoms with E-state index in [9.17, 15) is 0 Å². The van der Waals surface area contributed by atoms with E-state index in [2.05, 4.69) is 44.4 Å². The van der Waals surface area contributed by atoms with E-state index < -0.39 is 0 Å². The average molecular weight is 473 g/mol. The molecule has 4 rings (SSSR count). The van der Waals surface area contributed by atoms with Crippen LogP contribution in [-0.4, -0.2) is 61.1 Å². The summed E-state index contributed by atoms with van der Waals surface area (Å²) in [6.07, 6.45) is 6.93. The molecule has 1 saturated carbocycles. The minimum absolute atomic E-state index is 0. The van der Waals surface area contributed by atoms with Crippen LogP contribution in [0.5, 0.6) is 0 Å². The predicted molar refractivity (Wildman–Crippen MR) is 115 cm³/mol. The molecule has 25 heavy (non-hydrogen) atoms. The maximum absolute atomic E-state index is 6.12. The first-order valence-electron chi connectivity index (χ1n) is 8.87. The summed E-state index contributed by atoms with van der Waals surface area (Å²) in [6, 6.07) is 9.37. The van der Waals surface area contributed by atoms with Gasteiger partial charge in [-0.15, -0.1) is 24.0 Å². The summed E-state index contributed by atoms with van der Waals surface area (Å²) in [5.41, 5.74) is 1.33. The molecule has 3 aliphatic rings. The number of benzene rings is 1. The van der Waals surface area contributed by atoms with E-state index in [1.54, 1.807) is 0 Å². The summed E-state index contributed by atoms with van der Waals surface area (Å²) < 4.78 is 0. The minimum atomic E-state index is 0. The van der Waals surface area contributed by atoms with Crippen LogP contribution in [0, 0.1) is 0 Å². The van der Waals surface area contributed by atoms with E-state index in [4.69, 9.17) is 11.6 Å². The molecule has 4 nitrogen and oxygen atoms in total. The van der Waals surface area contributed by atoms with Gasteiger partial charge in [0.2, 0.25) is 0 Å². The van der Waals surface area contributed by atoms with Gasteiger partial charge >= 0.3 is 0 Å². The molecule has 1 aliphatic carbocycles. The number of nitrogens with zero attached hydrogens (tertiary/aromatic N) is 3. The van der Waals surface area contributed by atoms with E-state index in [-0.39, 0.29) is 24.0 Å². The van der Waals surface area contributed by atoms with Crippen molar-refractivity contribution < 1.29 is 0 Å². The Labute approximate surface area is 172 Å². The fourth-order valence-electron chi connectivity index (χ4n) is 3.95. The zero-order valence-electron chi connectivity index (χ0n) is 14.6. The van der Waals surface area contributed by atoms with Crippen LogP contribution in [0.4, 0.5) is 0 Å². The number of nitrogens with one attached hydrogen (secondary N) is 1. The second kappa shape index (κ2) is 8.27. The number of hydrogen-bond donors (Lipinski definition) is 1. The van der Waals surface area contributed by atoms with Gasteiger partial charge in [-0.25, -0.2) is 0 Å². The monoisotopic (exact) mass is 472 g/mol. The van der Waals surface area contributed by atoms with Gasteiger partial charge in [0.15, 0.2) is 5.96 Å². The Morgan fingerprint density at radius 2 is 2.08 bits per heavy atom. The van der Waals surface area contributed by atoms with E-state index in [1.807, 2.05) is 19.2 Å². The van der Waals surface area contributed by atoms with Crippen molar-refractivity contribution in [1.29, 1.82) is 0 Å². The van der Waals surface area contributed by atoms with Crippen molar-refractivity contribution >= 4 is 41.5 Å². The van der Waals surface area contributed by atoms with Crippen molar-refractivity contribution in [3.8, 4) is 0 Å². The number of rotatable bonds is 3. The van der Waals surface area contributed by atoms with E-state index in [0.29, 0.717) is 18.0 Å². The van der Waals surface area contributed by atoms with Gasteiger partial charge in [-0.3, -0.25) is 9.89 Å². The fraction of sp³-hybridized carbons (Fsp3) is 0.526. The van der Waals surface area contributed by atoms with Gasteiger partial charge in [0.05, 0.1) is 0 Å². The van der Waals surface area contributed by atoms with Crippen molar-refractivity contribution in [3.05, 3.63) is 47.0 Å². The Morgan fingerprint density at radius 3 is 2.80 bits per heavy atom. The van der Waals surface area contributed by atoms with Crippen molar-refractivity contribution in [2.24, 2.45) is 4.99 Å². The maximum Gasteiger partial charge on any atom is 0.193 e. The van der Waals surface area contributed by atoms with Crippen LogP contribution in [0.15, 0.2) is 41.4 Å². The Balaban J connectivity index is 0.00000182. The van der Waals surface area contributed by atoms with Crippen LogP contribution in [0.1, 0.15) is 24.3 Å². The molecular weight excluding hydrogens is 447 g/mol. The molecule has 0 aromatic heterocycles. The van der Waals surface area contributed by atoms with E-state index in [1.165, 1.54) is 12.0 Å². The largest absolute Gasteiger partial charge is 0.353 e. The molecular formula is C19H26ClIN4. The van der Waals surface area contributed by atoms with Crippen molar-refractivity contribution in [3.63, 3.8) is 0 Å². The molecule has 2 heterocycles. The molecule has 6 heteroatoms. The number of aliphatic imine (C=N–C) groups is 1. The van der Waals surface area contributed by atoms with Crippen LogP contribution >= 0.6 is 35.6 Å². The standard InChI is InChI=1S/C19H25ClN4.HI/c1-21-19(24-10-7-16(13-24)23-8-2-3-9-23)22-18-12-17(18)14-5-4-6-15(20)11-14;/h2-6,11,16-18H,7-10,12-13H2,1H3,(H,21,22);1H. The lowest BCUT2D eigenvalue weighted by molar-refractivity contribution is 0.259. The van der Waals surface area contributed by atoms with Gasteiger partial charge < -0.3 is 10.2 Å². The van der Waals surface area contributed by atoms with Crippen LogP contribution in [0.2, 0.25) is 5.02 Å². The first-order chi connectivity index (χ1) is 11.7. The topological polar surface area (TPSA) is 30.9 Å². The second-order valence-corrected chi connectivity index (χ2v) is 7.45. The molecule has 2 fully saturated rings. The van der Waals surface area contributed by atoms with Gasteiger partial charge in [0, 0.05) is 56.3 Å². The predicted octanol–water partition coefficient (Wildman–Crippen LogP) is 3.34. The molecule has 1 aromatic rings. The second-order valence-electron chi connectivity index (χ2n) is 7.01. The van der Waals surface area contributed by atoms with Crippen LogP contribution in [-0.2, 0) is 0 Å². The normalized spacial score (nSPS) is 29.0. The Kier molecular flexibility index (Phi) is 6.28. The zero-order chi connectivity index (χ0) is 16.5. The zero-order valence-corrected chi connectivity index (χ0v) is 17.7. The summed E-state index contributed by atoms with van der Waals surface area (Å²) in [7, 11) is 1.89. The Bertz CT molecular complexity index is 655. The Morgan fingerprint density at radius 1 is 1.28 bits per heavy atom. The molecule has 3 unspecified atom stereocenters. The summed E-state index contributed by atoms with van der Waals surface area (Å²) in [5, 5.41) is 4.48. The average Bonchev–Trinajstić information content (AvgIpc) is 3.00. The highest BCUT2D eigenvalue weighted by atomic mass is 127. The number of halogens is 2. The van der Waals surface area contributed by atoms with Gasteiger partial charge in [-0.1, -0.05) is 35.9 Å². The summed E-state index contributed by atoms with van der Waals surface area (Å²) in [5.74, 6) is 1.61. The first kappa shape index (κ1) is 19.0. The molecule has 1 saturated heterocycles. The molecule has 136 valence electrons. The highest BCUT2D eigenvalue weighted by molar-refractivity contribution is 14.0. The molecule has 0 spiro atoms. The molecule has 0 bridgehead atoms. The SMILES string of the molecule is CN=C(NC1CC1c1cccc(Cl)c1)N1CCC(N2CC=CC2)C1.I. The van der Waals surface area contributed by atoms with Crippen LogP contribution < -0.4 is 5.32 Å². The summed E-state index contributed by atoms with van der Waals surface area (Å²) in [4.78, 5) is 9.50. The van der Waals surface area contributed by atoms with E-state index >= 15 is 0 Å². The third-order valence-corrected chi connectivity index (χ3v) is 5.65. The van der Waals surface area contributed by atoms with Crippen molar-refractivity contribution in [2.75, 3.05) is 33.2 Å². The lowest BCUT2D eigenvalue weighted by Gasteiger charge is -2.25. The van der Waals surface area contributed by atoms with Gasteiger partial charge in [-0.2, -0.15) is 0 Å². The molecule has 0 amide bonds. The highest BCUT2D eigenvalue weighted by Gasteiger charge is 2.40. The van der Waals surface area contributed by atoms with Crippen molar-refractivity contribution in [2.45, 2.75) is 30.8 Å². The van der Waals surface area contributed by atoms with Crippen molar-refractivity contribution in [1.82, 2.24) is 15.1 Å². The molecule has 1 aromatic carbocycles. The van der Waals surface area contributed by atoms with Crippen LogP contribution in [0.3, 0.4) is 0 Å². The highest BCUT2D eigenvalue weighted by Crippen LogP contribution is 2.41. The molecule has 0 radical (unpaired) electrons. The third kappa shape index (κ3) is 4.31. The summed E-state index contributed by atoms with van der Waals surface area (Å²) in [6.45, 7) is 4.37. The fourth-order valence-corrected chi connectivity index (χ4v) is 4.15. The number of likely N-dealkylation sites (tertiary alicyclic amines) is 1. The first-order valence-corrected chi connectivity index (χ1v) is 9.25. The van der Waals surface area contributed by atoms with Gasteiger partial charge in [0.25, 0.3) is 0 Å². The summed E-state index contributed by atoms with van der Waals surface area (Å²) >= 11 is 6.12. The third-order valence-electron chi connectivity index (χ3n) is 5.42. The number of guanidine groups is 1. The lowest BCUT2D eigenvalue weighted by atomic mass is 10.1. The van der Waals surface area contributed by atoms with Gasteiger partial charge in [0.1, 0.15) is 0 Å². The van der Waals surface area contributed by atoms with E-state index in [0.717, 1.165) is 43.6 Å². The minimum Gasteiger partial charge on any atom is -0.353 e. The maximum atomic E-state index is 6.12. The van der Waals surface area contributed by atoms with Gasteiger partial charge in [-0.05, 0) is 30.5 Å². The molecule has 3 atom stereocenters. The smallest absolute Gasteiger partial charge is 0.193 e.